The fraction of sp³-hybridized carbons (Fsp3) is 0.333. The van der Waals surface area contributed by atoms with Gasteiger partial charge in [-0.2, -0.15) is 5.26 Å². The zero-order valence-corrected chi connectivity index (χ0v) is 16.6. The van der Waals surface area contributed by atoms with E-state index >= 15 is 0 Å². The van der Waals surface area contributed by atoms with Crippen LogP contribution in [0.3, 0.4) is 0 Å². The first-order chi connectivity index (χ1) is 13.5. The van der Waals surface area contributed by atoms with Gasteiger partial charge in [-0.25, -0.2) is 0 Å². The van der Waals surface area contributed by atoms with Crippen LogP contribution in [0.1, 0.15) is 29.5 Å². The maximum atomic E-state index is 12.5. The number of amides is 1. The molecule has 0 aliphatic carbocycles. The molecule has 1 amide bonds. The van der Waals surface area contributed by atoms with Crippen molar-refractivity contribution in [3.63, 3.8) is 0 Å². The zero-order chi connectivity index (χ0) is 19.9. The fourth-order valence-electron chi connectivity index (χ4n) is 3.70. The van der Waals surface area contributed by atoms with Crippen molar-refractivity contribution in [1.82, 2.24) is 4.90 Å². The Kier molecular flexibility index (Phi) is 6.49. The molecule has 2 aromatic rings. The van der Waals surface area contributed by atoms with E-state index in [1.165, 1.54) is 5.56 Å². The standard InChI is InChI=1S/C24H27N3O/c1-18-8-9-23(19(2)14-18)26-24(28)22(16-25)17-27-12-10-21(11-13-27)15-20-6-4-3-5-7-20/h3-9,14,17,21H,10-13,15H2,1-2H3,(H,26,28)/b22-17-. The van der Waals surface area contributed by atoms with Gasteiger partial charge in [0.25, 0.3) is 5.91 Å². The third-order valence-electron chi connectivity index (χ3n) is 5.32. The second-order valence-corrected chi connectivity index (χ2v) is 7.60. The lowest BCUT2D eigenvalue weighted by Crippen LogP contribution is -2.31. The van der Waals surface area contributed by atoms with E-state index in [1.807, 2.05) is 38.1 Å². The zero-order valence-electron chi connectivity index (χ0n) is 16.6. The Hall–Kier alpha value is -3.06. The van der Waals surface area contributed by atoms with Gasteiger partial charge in [0.1, 0.15) is 11.6 Å². The number of piperidine rings is 1. The number of likely N-dealkylation sites (tertiary alicyclic amines) is 1. The summed E-state index contributed by atoms with van der Waals surface area (Å²) >= 11 is 0. The van der Waals surface area contributed by atoms with E-state index in [0.717, 1.165) is 49.2 Å². The normalized spacial score (nSPS) is 15.2. The number of nitrogens with one attached hydrogen (secondary N) is 1. The first-order valence-electron chi connectivity index (χ1n) is 9.83. The average Bonchev–Trinajstić information content (AvgIpc) is 2.70. The molecule has 1 aliphatic heterocycles. The Morgan fingerprint density at radius 1 is 1.18 bits per heavy atom. The highest BCUT2D eigenvalue weighted by Crippen LogP contribution is 2.22. The Balaban J connectivity index is 1.57. The maximum absolute atomic E-state index is 12.5. The summed E-state index contributed by atoms with van der Waals surface area (Å²) in [5, 5.41) is 12.3. The first-order valence-corrected chi connectivity index (χ1v) is 9.83. The number of anilines is 1. The van der Waals surface area contributed by atoms with E-state index in [2.05, 4.69) is 40.6 Å². The van der Waals surface area contributed by atoms with Crippen molar-refractivity contribution >= 4 is 11.6 Å². The molecule has 1 N–H and O–H groups in total. The summed E-state index contributed by atoms with van der Waals surface area (Å²) in [4.78, 5) is 14.6. The lowest BCUT2D eigenvalue weighted by Gasteiger charge is -2.31. The quantitative estimate of drug-likeness (QED) is 0.615. The minimum atomic E-state index is -0.346. The van der Waals surface area contributed by atoms with Crippen LogP contribution >= 0.6 is 0 Å². The number of aryl methyl sites for hydroxylation is 2. The van der Waals surface area contributed by atoms with Gasteiger partial charge in [0.15, 0.2) is 0 Å². The predicted molar refractivity (Wildman–Crippen MR) is 113 cm³/mol. The van der Waals surface area contributed by atoms with Gasteiger partial charge in [-0.1, -0.05) is 48.0 Å². The van der Waals surface area contributed by atoms with Crippen molar-refractivity contribution in [3.05, 3.63) is 77.0 Å². The highest BCUT2D eigenvalue weighted by Gasteiger charge is 2.19. The van der Waals surface area contributed by atoms with Crippen LogP contribution in [-0.4, -0.2) is 23.9 Å². The number of benzene rings is 2. The molecule has 1 saturated heterocycles. The third kappa shape index (κ3) is 5.23. The molecule has 0 unspecified atom stereocenters. The molecule has 4 heteroatoms. The van der Waals surface area contributed by atoms with Gasteiger partial charge in [0.05, 0.1) is 0 Å². The highest BCUT2D eigenvalue weighted by molar-refractivity contribution is 6.06. The van der Waals surface area contributed by atoms with Crippen molar-refractivity contribution in [2.45, 2.75) is 33.1 Å². The second-order valence-electron chi connectivity index (χ2n) is 7.60. The molecule has 1 heterocycles. The minimum absolute atomic E-state index is 0.154. The van der Waals surface area contributed by atoms with Crippen LogP contribution in [0.4, 0.5) is 5.69 Å². The van der Waals surface area contributed by atoms with Crippen molar-refractivity contribution in [2.24, 2.45) is 5.92 Å². The van der Waals surface area contributed by atoms with E-state index in [-0.39, 0.29) is 11.5 Å². The topological polar surface area (TPSA) is 56.1 Å². The molecule has 0 atom stereocenters. The van der Waals surface area contributed by atoms with E-state index < -0.39 is 0 Å². The smallest absolute Gasteiger partial charge is 0.267 e. The Bertz CT molecular complexity index is 888. The van der Waals surface area contributed by atoms with Crippen LogP contribution < -0.4 is 5.32 Å². The monoisotopic (exact) mass is 373 g/mol. The SMILES string of the molecule is Cc1ccc(NC(=O)/C(C#N)=C\N2CCC(Cc3ccccc3)CC2)c(C)c1. The summed E-state index contributed by atoms with van der Waals surface area (Å²) in [6, 6.07) is 18.5. The molecule has 3 rings (SSSR count). The van der Waals surface area contributed by atoms with E-state index in [1.54, 1.807) is 6.20 Å². The first kappa shape index (κ1) is 19.7. The van der Waals surface area contributed by atoms with Gasteiger partial charge in [-0.15, -0.1) is 0 Å². The lowest BCUT2D eigenvalue weighted by molar-refractivity contribution is -0.112. The molecule has 0 radical (unpaired) electrons. The van der Waals surface area contributed by atoms with Gasteiger partial charge >= 0.3 is 0 Å². The van der Waals surface area contributed by atoms with E-state index in [9.17, 15) is 10.1 Å². The van der Waals surface area contributed by atoms with Crippen LogP contribution in [0.15, 0.2) is 60.3 Å². The number of rotatable bonds is 5. The van der Waals surface area contributed by atoms with Gasteiger partial charge in [0, 0.05) is 25.0 Å². The number of nitrogens with zero attached hydrogens (tertiary/aromatic N) is 2. The second kappa shape index (κ2) is 9.23. The summed E-state index contributed by atoms with van der Waals surface area (Å²) in [7, 11) is 0. The molecule has 28 heavy (non-hydrogen) atoms. The summed E-state index contributed by atoms with van der Waals surface area (Å²) in [6.07, 6.45) is 4.96. The number of carbonyl (C=O) groups excluding carboxylic acids is 1. The summed E-state index contributed by atoms with van der Waals surface area (Å²) in [6.45, 7) is 5.72. The molecule has 2 aromatic carbocycles. The summed E-state index contributed by atoms with van der Waals surface area (Å²) in [5.74, 6) is 0.308. The largest absolute Gasteiger partial charge is 0.376 e. The number of hydrogen-bond acceptors (Lipinski definition) is 3. The molecule has 0 spiro atoms. The van der Waals surface area contributed by atoms with Crippen molar-refractivity contribution in [2.75, 3.05) is 18.4 Å². The molecular weight excluding hydrogens is 346 g/mol. The van der Waals surface area contributed by atoms with E-state index in [4.69, 9.17) is 0 Å². The molecule has 1 fully saturated rings. The molecule has 0 bridgehead atoms. The minimum Gasteiger partial charge on any atom is -0.376 e. The molecular formula is C24H27N3O. The van der Waals surface area contributed by atoms with Crippen molar-refractivity contribution in [1.29, 1.82) is 5.26 Å². The summed E-state index contributed by atoms with van der Waals surface area (Å²) in [5.41, 5.74) is 4.42. The molecule has 0 aromatic heterocycles. The maximum Gasteiger partial charge on any atom is 0.267 e. The Morgan fingerprint density at radius 2 is 1.89 bits per heavy atom. The molecule has 4 nitrogen and oxygen atoms in total. The highest BCUT2D eigenvalue weighted by atomic mass is 16.1. The van der Waals surface area contributed by atoms with E-state index in [0.29, 0.717) is 5.92 Å². The molecule has 0 saturated carbocycles. The Morgan fingerprint density at radius 3 is 2.54 bits per heavy atom. The average molecular weight is 374 g/mol. The number of hydrogen-bond donors (Lipinski definition) is 1. The van der Waals surface area contributed by atoms with Gasteiger partial charge in [-0.05, 0) is 56.2 Å². The van der Waals surface area contributed by atoms with Crippen LogP contribution in [0, 0.1) is 31.1 Å². The Labute approximate surface area is 167 Å². The van der Waals surface area contributed by atoms with Crippen LogP contribution in [0.5, 0.6) is 0 Å². The van der Waals surface area contributed by atoms with Gasteiger partial charge in [0.2, 0.25) is 0 Å². The predicted octanol–water partition coefficient (Wildman–Crippen LogP) is 4.60. The lowest BCUT2D eigenvalue weighted by atomic mass is 9.90. The number of carbonyl (C=O) groups is 1. The fourth-order valence-corrected chi connectivity index (χ4v) is 3.70. The number of nitriles is 1. The molecule has 144 valence electrons. The van der Waals surface area contributed by atoms with Gasteiger partial charge in [-0.3, -0.25) is 4.79 Å². The van der Waals surface area contributed by atoms with Crippen molar-refractivity contribution in [3.8, 4) is 6.07 Å². The van der Waals surface area contributed by atoms with Crippen LogP contribution in [0.25, 0.3) is 0 Å². The van der Waals surface area contributed by atoms with Crippen molar-refractivity contribution < 1.29 is 4.79 Å². The van der Waals surface area contributed by atoms with Gasteiger partial charge < -0.3 is 10.2 Å². The summed E-state index contributed by atoms with van der Waals surface area (Å²) < 4.78 is 0. The molecule has 1 aliphatic rings. The third-order valence-corrected chi connectivity index (χ3v) is 5.32. The van der Waals surface area contributed by atoms with Crippen LogP contribution in [0.2, 0.25) is 0 Å². The van der Waals surface area contributed by atoms with Crippen LogP contribution in [-0.2, 0) is 11.2 Å².